The summed E-state index contributed by atoms with van der Waals surface area (Å²) in [5.41, 5.74) is -1.23. The molecule has 7 nitrogen and oxygen atoms in total. The van der Waals surface area contributed by atoms with E-state index in [2.05, 4.69) is 38.0 Å². The van der Waals surface area contributed by atoms with Crippen LogP contribution in [0, 0.1) is 23.7 Å². The average Bonchev–Trinajstić information content (AvgIpc) is 2.82. The molecule has 1 aliphatic carbocycles. The molecule has 1 rings (SSSR count). The predicted octanol–water partition coefficient (Wildman–Crippen LogP) is 4.65. The number of carbonyl (C=O) groups is 1. The highest BCUT2D eigenvalue weighted by Crippen LogP contribution is 2.43. The lowest BCUT2D eigenvalue weighted by Gasteiger charge is -2.31. The van der Waals surface area contributed by atoms with E-state index >= 15 is 0 Å². The third kappa shape index (κ3) is 6.06. The normalized spacial score (nSPS) is 23.3. The van der Waals surface area contributed by atoms with Crippen LogP contribution in [-0.2, 0) is 14.5 Å². The largest absolute Gasteiger partial charge is 0.508 e. The highest BCUT2D eigenvalue weighted by atomic mass is 16.6. The summed E-state index contributed by atoms with van der Waals surface area (Å²) in [6.45, 7) is 12.2. The molecule has 0 fully saturated rings. The van der Waals surface area contributed by atoms with Crippen LogP contribution in [0.25, 0.3) is 0 Å². The second kappa shape index (κ2) is 11.5. The van der Waals surface area contributed by atoms with Gasteiger partial charge in [0.1, 0.15) is 20.0 Å². The average molecular weight is 425 g/mol. The Balaban J connectivity index is 3.59. The summed E-state index contributed by atoms with van der Waals surface area (Å²) < 4.78 is 0. The van der Waals surface area contributed by atoms with Crippen LogP contribution >= 0.6 is 0 Å². The predicted molar refractivity (Wildman–Crippen MR) is 120 cm³/mol. The molecule has 0 spiro atoms. The van der Waals surface area contributed by atoms with Gasteiger partial charge in [-0.2, -0.15) is 0 Å². The molecular formula is C23H40N2O5. The van der Waals surface area contributed by atoms with E-state index < -0.39 is 17.3 Å². The van der Waals surface area contributed by atoms with Crippen LogP contribution in [0.1, 0.15) is 73.6 Å². The second-order valence-electron chi connectivity index (χ2n) is 9.35. The first-order chi connectivity index (χ1) is 14.0. The fourth-order valence-electron chi connectivity index (χ4n) is 3.82. The molecule has 2 N–H and O–H groups in total. The van der Waals surface area contributed by atoms with Crippen molar-refractivity contribution in [2.75, 3.05) is 14.2 Å². The molecule has 0 saturated heterocycles. The van der Waals surface area contributed by atoms with Crippen molar-refractivity contribution in [3.05, 3.63) is 11.3 Å². The Hall–Kier alpha value is -1.89. The minimum Gasteiger partial charge on any atom is -0.508 e. The first-order valence-electron chi connectivity index (χ1n) is 10.9. The number of allylic oxidation sites excluding steroid dienone is 1. The summed E-state index contributed by atoms with van der Waals surface area (Å²) in [4.78, 5) is 23.4. The van der Waals surface area contributed by atoms with E-state index in [1.54, 1.807) is 0 Å². The van der Waals surface area contributed by atoms with Crippen LogP contribution in [0.15, 0.2) is 21.6 Å². The van der Waals surface area contributed by atoms with E-state index in [0.717, 1.165) is 12.8 Å². The van der Waals surface area contributed by atoms with E-state index in [4.69, 9.17) is 9.68 Å². The molecule has 0 aliphatic heterocycles. The van der Waals surface area contributed by atoms with Crippen LogP contribution in [0.3, 0.4) is 0 Å². The Morgan fingerprint density at radius 3 is 2.03 bits per heavy atom. The zero-order chi connectivity index (χ0) is 23.1. The lowest BCUT2D eigenvalue weighted by molar-refractivity contribution is -0.121. The zero-order valence-electron chi connectivity index (χ0n) is 19.9. The number of oxime groups is 2. The van der Waals surface area contributed by atoms with Crippen LogP contribution in [0.4, 0.5) is 0 Å². The minimum atomic E-state index is -1.91. The van der Waals surface area contributed by atoms with Gasteiger partial charge in [0.25, 0.3) is 0 Å². The Kier molecular flexibility index (Phi) is 10.0. The molecule has 0 radical (unpaired) electrons. The highest BCUT2D eigenvalue weighted by Gasteiger charge is 2.57. The Bertz CT molecular complexity index is 679. The molecule has 30 heavy (non-hydrogen) atoms. The number of aliphatic hydroxyl groups is 2. The van der Waals surface area contributed by atoms with Gasteiger partial charge in [0.15, 0.2) is 11.4 Å². The standard InChI is InChI=1S/C23H40N2O5/c1-14(2)9-11-17-21(26)20(18(24-29-7)13-16(5)6)22(27)23(17,28)19(25-30-8)12-10-15(3)4/h14-17,27-28H,9-13H2,1-8H3/b24-18-,25-19-/t17-,23+/m0/s1. The highest BCUT2D eigenvalue weighted by molar-refractivity contribution is 6.27. The summed E-state index contributed by atoms with van der Waals surface area (Å²) in [7, 11) is 2.80. The SMILES string of the molecule is CO/N=C(/CC(C)C)C1=C(O)[C@](O)(/C(CCC(C)C)=N\OC)[C@@H](CCC(C)C)C1=O. The topological polar surface area (TPSA) is 101 Å². The molecule has 0 bridgehead atoms. The number of nitrogens with zero attached hydrogens (tertiary/aromatic N) is 2. The third-order valence-corrected chi connectivity index (χ3v) is 5.39. The Morgan fingerprint density at radius 2 is 1.57 bits per heavy atom. The lowest BCUT2D eigenvalue weighted by Crippen LogP contribution is -2.47. The van der Waals surface area contributed by atoms with Gasteiger partial charge in [-0.05, 0) is 43.4 Å². The fourth-order valence-corrected chi connectivity index (χ4v) is 3.82. The Morgan fingerprint density at radius 1 is 1.00 bits per heavy atom. The molecule has 0 heterocycles. The van der Waals surface area contributed by atoms with Gasteiger partial charge in [0, 0.05) is 0 Å². The monoisotopic (exact) mass is 424 g/mol. The summed E-state index contributed by atoms with van der Waals surface area (Å²) in [6, 6.07) is 0. The van der Waals surface area contributed by atoms with Crippen LogP contribution in [0.2, 0.25) is 0 Å². The van der Waals surface area contributed by atoms with Crippen molar-refractivity contribution in [2.45, 2.75) is 79.2 Å². The summed E-state index contributed by atoms with van der Waals surface area (Å²) in [6.07, 6.45) is 2.74. The molecule has 0 aromatic rings. The molecular weight excluding hydrogens is 384 g/mol. The number of hydrogen-bond acceptors (Lipinski definition) is 7. The van der Waals surface area contributed by atoms with Crippen molar-refractivity contribution in [3.63, 3.8) is 0 Å². The van der Waals surface area contributed by atoms with Crippen LogP contribution in [-0.4, -0.2) is 47.2 Å². The van der Waals surface area contributed by atoms with Gasteiger partial charge in [-0.25, -0.2) is 0 Å². The van der Waals surface area contributed by atoms with E-state index in [1.165, 1.54) is 14.2 Å². The molecule has 0 saturated carbocycles. The van der Waals surface area contributed by atoms with Crippen LogP contribution < -0.4 is 0 Å². The number of hydrogen-bond donors (Lipinski definition) is 2. The van der Waals surface area contributed by atoms with E-state index in [-0.39, 0.29) is 23.0 Å². The van der Waals surface area contributed by atoms with Gasteiger partial charge in [-0.3, -0.25) is 4.79 Å². The minimum absolute atomic E-state index is 0.0511. The van der Waals surface area contributed by atoms with Crippen molar-refractivity contribution >= 4 is 17.2 Å². The maximum absolute atomic E-state index is 13.5. The summed E-state index contributed by atoms with van der Waals surface area (Å²) >= 11 is 0. The molecule has 1 aliphatic rings. The van der Waals surface area contributed by atoms with Gasteiger partial charge >= 0.3 is 0 Å². The summed E-state index contributed by atoms with van der Waals surface area (Å²) in [5, 5.41) is 31.1. The van der Waals surface area contributed by atoms with Gasteiger partial charge in [-0.15, -0.1) is 0 Å². The van der Waals surface area contributed by atoms with Crippen molar-refractivity contribution in [3.8, 4) is 0 Å². The molecule has 7 heteroatoms. The number of Topliss-reactive ketones (excluding diaryl/α,β-unsaturated/α-hetero) is 1. The number of carbonyl (C=O) groups excluding carboxylic acids is 1. The summed E-state index contributed by atoms with van der Waals surface area (Å²) in [5.74, 6) is -0.667. The second-order valence-corrected chi connectivity index (χ2v) is 9.35. The zero-order valence-corrected chi connectivity index (χ0v) is 19.9. The van der Waals surface area contributed by atoms with Gasteiger partial charge in [-0.1, -0.05) is 58.3 Å². The molecule has 2 atom stereocenters. The van der Waals surface area contributed by atoms with E-state index in [9.17, 15) is 15.0 Å². The van der Waals surface area contributed by atoms with Gasteiger partial charge in [0.05, 0.1) is 22.9 Å². The maximum atomic E-state index is 13.5. The smallest absolute Gasteiger partial charge is 0.175 e. The molecule has 0 amide bonds. The number of rotatable bonds is 12. The molecule has 0 aromatic heterocycles. The molecule has 0 unspecified atom stereocenters. The van der Waals surface area contributed by atoms with Gasteiger partial charge < -0.3 is 19.9 Å². The first-order valence-corrected chi connectivity index (χ1v) is 10.9. The lowest BCUT2D eigenvalue weighted by atomic mass is 9.78. The molecule has 172 valence electrons. The van der Waals surface area contributed by atoms with E-state index in [1.807, 2.05) is 13.8 Å². The number of aliphatic hydroxyl groups excluding tert-OH is 1. The quantitative estimate of drug-likeness (QED) is 0.351. The third-order valence-electron chi connectivity index (χ3n) is 5.39. The van der Waals surface area contributed by atoms with Crippen molar-refractivity contribution < 1.29 is 24.7 Å². The number of ketones is 1. The molecule has 0 aromatic carbocycles. The van der Waals surface area contributed by atoms with Crippen molar-refractivity contribution in [1.82, 2.24) is 0 Å². The van der Waals surface area contributed by atoms with Crippen LogP contribution in [0.5, 0.6) is 0 Å². The first kappa shape index (κ1) is 26.1. The van der Waals surface area contributed by atoms with Crippen molar-refractivity contribution in [1.29, 1.82) is 0 Å². The fraction of sp³-hybridized carbons (Fsp3) is 0.783. The van der Waals surface area contributed by atoms with Gasteiger partial charge in [0.2, 0.25) is 0 Å². The van der Waals surface area contributed by atoms with E-state index in [0.29, 0.717) is 36.8 Å². The Labute approximate surface area is 181 Å². The maximum Gasteiger partial charge on any atom is 0.175 e. The van der Waals surface area contributed by atoms with Crippen molar-refractivity contribution in [2.24, 2.45) is 34.0 Å².